The lowest BCUT2D eigenvalue weighted by atomic mass is 10.1. The van der Waals surface area contributed by atoms with Crippen LogP contribution in [-0.4, -0.2) is 53.3 Å². The van der Waals surface area contributed by atoms with Crippen molar-refractivity contribution in [1.29, 1.82) is 0 Å². The summed E-state index contributed by atoms with van der Waals surface area (Å²) in [5.74, 6) is 2.15. The van der Waals surface area contributed by atoms with Gasteiger partial charge in [0, 0.05) is 36.6 Å². The van der Waals surface area contributed by atoms with E-state index in [-0.39, 0.29) is 12.1 Å². The molecule has 156 valence electrons. The van der Waals surface area contributed by atoms with E-state index in [1.807, 2.05) is 51.1 Å². The first-order valence-electron chi connectivity index (χ1n) is 10.1. The van der Waals surface area contributed by atoms with Crippen LogP contribution in [-0.2, 0) is 4.74 Å². The van der Waals surface area contributed by atoms with Crippen molar-refractivity contribution in [3.63, 3.8) is 0 Å². The van der Waals surface area contributed by atoms with E-state index in [1.54, 1.807) is 4.90 Å². The number of aryl methyl sites for hydroxylation is 1. The van der Waals surface area contributed by atoms with Gasteiger partial charge in [0.15, 0.2) is 0 Å². The highest BCUT2D eigenvalue weighted by molar-refractivity contribution is 5.67. The first-order valence-corrected chi connectivity index (χ1v) is 10.1. The minimum Gasteiger partial charge on any atom is -0.494 e. The van der Waals surface area contributed by atoms with Gasteiger partial charge in [-0.1, -0.05) is 0 Å². The molecule has 0 bridgehead atoms. The van der Waals surface area contributed by atoms with Crippen LogP contribution < -0.4 is 15.4 Å². The Hall–Kier alpha value is -3.03. The van der Waals surface area contributed by atoms with E-state index in [0.29, 0.717) is 32.3 Å². The van der Waals surface area contributed by atoms with Crippen LogP contribution in [0.4, 0.5) is 22.2 Å². The Kier molecular flexibility index (Phi) is 7.10. The molecule has 0 radical (unpaired) electrons. The third-order valence-electron chi connectivity index (χ3n) is 4.65. The molecule has 8 nitrogen and oxygen atoms in total. The Morgan fingerprint density at radius 3 is 2.52 bits per heavy atom. The fourth-order valence-corrected chi connectivity index (χ4v) is 3.26. The summed E-state index contributed by atoms with van der Waals surface area (Å²) in [5, 5.41) is 6.72. The number of piperidine rings is 1. The molecule has 0 saturated carbocycles. The van der Waals surface area contributed by atoms with Gasteiger partial charge in [0.1, 0.15) is 11.6 Å². The number of likely N-dealkylation sites (tertiary alicyclic amines) is 1. The monoisotopic (exact) mass is 399 g/mol. The summed E-state index contributed by atoms with van der Waals surface area (Å²) in [6, 6.07) is 9.90. The van der Waals surface area contributed by atoms with Crippen molar-refractivity contribution < 1.29 is 14.3 Å². The number of carbonyl (C=O) groups excluding carboxylic acids is 1. The maximum atomic E-state index is 11.8. The summed E-state index contributed by atoms with van der Waals surface area (Å²) < 4.78 is 10.5. The number of hydrogen-bond donors (Lipinski definition) is 2. The second kappa shape index (κ2) is 9.95. The van der Waals surface area contributed by atoms with Crippen molar-refractivity contribution in [3.8, 4) is 5.75 Å². The molecule has 1 fully saturated rings. The third-order valence-corrected chi connectivity index (χ3v) is 4.65. The molecule has 1 aliphatic heterocycles. The molecule has 1 amide bonds. The van der Waals surface area contributed by atoms with Crippen LogP contribution in [0.2, 0.25) is 0 Å². The Morgan fingerprint density at radius 2 is 1.86 bits per heavy atom. The molecule has 8 heteroatoms. The number of aromatic nitrogens is 2. The SMILES string of the molecule is CCOC(=O)N1CCC(Nc2cc(C)nc(Nc3ccc(OCC)cc3)n2)CC1. The number of carbonyl (C=O) groups is 1. The molecule has 1 aromatic carbocycles. The number of ether oxygens (including phenoxy) is 2. The van der Waals surface area contributed by atoms with Gasteiger partial charge >= 0.3 is 6.09 Å². The van der Waals surface area contributed by atoms with Gasteiger partial charge in [-0.25, -0.2) is 9.78 Å². The second-order valence-corrected chi connectivity index (χ2v) is 6.91. The van der Waals surface area contributed by atoms with Gasteiger partial charge in [-0.3, -0.25) is 0 Å². The van der Waals surface area contributed by atoms with Gasteiger partial charge in [0.2, 0.25) is 5.95 Å². The smallest absolute Gasteiger partial charge is 0.409 e. The molecule has 3 rings (SSSR count). The topological polar surface area (TPSA) is 88.6 Å². The van der Waals surface area contributed by atoms with E-state index >= 15 is 0 Å². The third kappa shape index (κ3) is 5.97. The number of nitrogens with one attached hydrogen (secondary N) is 2. The maximum Gasteiger partial charge on any atom is 0.409 e. The minimum atomic E-state index is -0.231. The summed E-state index contributed by atoms with van der Waals surface area (Å²) in [6.07, 6.45) is 1.47. The van der Waals surface area contributed by atoms with E-state index in [9.17, 15) is 4.79 Å². The van der Waals surface area contributed by atoms with Gasteiger partial charge in [-0.2, -0.15) is 4.98 Å². The van der Waals surface area contributed by atoms with Crippen LogP contribution >= 0.6 is 0 Å². The van der Waals surface area contributed by atoms with Gasteiger partial charge in [-0.15, -0.1) is 0 Å². The Labute approximate surface area is 171 Å². The molecule has 0 aliphatic carbocycles. The van der Waals surface area contributed by atoms with E-state index in [1.165, 1.54) is 0 Å². The molecule has 2 aromatic rings. The highest BCUT2D eigenvalue weighted by Gasteiger charge is 2.23. The van der Waals surface area contributed by atoms with Crippen LogP contribution in [0.5, 0.6) is 5.75 Å². The summed E-state index contributed by atoms with van der Waals surface area (Å²) in [4.78, 5) is 22.7. The Bertz CT molecular complexity index is 804. The van der Waals surface area contributed by atoms with Crippen molar-refractivity contribution in [2.24, 2.45) is 0 Å². The lowest BCUT2D eigenvalue weighted by molar-refractivity contribution is 0.0983. The molecule has 29 heavy (non-hydrogen) atoms. The van der Waals surface area contributed by atoms with Crippen molar-refractivity contribution in [1.82, 2.24) is 14.9 Å². The average molecular weight is 399 g/mol. The molecule has 0 atom stereocenters. The summed E-state index contributed by atoms with van der Waals surface area (Å²) in [6.45, 7) is 8.13. The lowest BCUT2D eigenvalue weighted by Gasteiger charge is -2.31. The Balaban J connectivity index is 1.58. The van der Waals surface area contributed by atoms with E-state index in [4.69, 9.17) is 9.47 Å². The lowest BCUT2D eigenvalue weighted by Crippen LogP contribution is -2.42. The standard InChI is InChI=1S/C21H29N5O3/c1-4-28-18-8-6-16(7-9-18)24-20-22-15(3)14-19(25-20)23-17-10-12-26(13-11-17)21(27)29-5-2/h6-9,14,17H,4-5,10-13H2,1-3H3,(H2,22,23,24,25). The predicted molar refractivity (Wildman–Crippen MR) is 113 cm³/mol. The van der Waals surface area contributed by atoms with Crippen LogP contribution in [0.25, 0.3) is 0 Å². The molecular weight excluding hydrogens is 370 g/mol. The highest BCUT2D eigenvalue weighted by Crippen LogP contribution is 2.21. The molecule has 2 N–H and O–H groups in total. The number of anilines is 3. The number of benzene rings is 1. The van der Waals surface area contributed by atoms with Gasteiger partial charge in [0.25, 0.3) is 0 Å². The normalized spacial score (nSPS) is 14.4. The largest absolute Gasteiger partial charge is 0.494 e. The first-order chi connectivity index (χ1) is 14.1. The van der Waals surface area contributed by atoms with Crippen molar-refractivity contribution >= 4 is 23.5 Å². The fraction of sp³-hybridized carbons (Fsp3) is 0.476. The van der Waals surface area contributed by atoms with Crippen molar-refractivity contribution in [3.05, 3.63) is 36.0 Å². The maximum absolute atomic E-state index is 11.8. The molecule has 1 aromatic heterocycles. The molecule has 1 saturated heterocycles. The highest BCUT2D eigenvalue weighted by atomic mass is 16.6. The first kappa shape index (κ1) is 20.7. The van der Waals surface area contributed by atoms with Crippen molar-refractivity contribution in [2.45, 2.75) is 39.7 Å². The van der Waals surface area contributed by atoms with Crippen LogP contribution in [0.15, 0.2) is 30.3 Å². The summed E-state index contributed by atoms with van der Waals surface area (Å²) >= 11 is 0. The Morgan fingerprint density at radius 1 is 1.14 bits per heavy atom. The van der Waals surface area contributed by atoms with Gasteiger partial charge in [0.05, 0.1) is 13.2 Å². The average Bonchev–Trinajstić information content (AvgIpc) is 2.70. The second-order valence-electron chi connectivity index (χ2n) is 6.91. The van der Waals surface area contributed by atoms with Crippen LogP contribution in [0.3, 0.4) is 0 Å². The molecule has 0 unspecified atom stereocenters. The van der Waals surface area contributed by atoms with Gasteiger partial charge in [-0.05, 0) is 57.9 Å². The zero-order valence-corrected chi connectivity index (χ0v) is 17.3. The predicted octanol–water partition coefficient (Wildman–Crippen LogP) is 3.96. The summed E-state index contributed by atoms with van der Waals surface area (Å²) in [7, 11) is 0. The molecule has 2 heterocycles. The van der Waals surface area contributed by atoms with E-state index < -0.39 is 0 Å². The molecule has 0 spiro atoms. The number of nitrogens with zero attached hydrogens (tertiary/aromatic N) is 3. The number of amides is 1. The van der Waals surface area contributed by atoms with E-state index in [0.717, 1.165) is 35.8 Å². The molecule has 1 aliphatic rings. The fourth-order valence-electron chi connectivity index (χ4n) is 3.26. The minimum absolute atomic E-state index is 0.231. The number of rotatable bonds is 7. The zero-order valence-electron chi connectivity index (χ0n) is 17.3. The zero-order chi connectivity index (χ0) is 20.6. The van der Waals surface area contributed by atoms with Crippen LogP contribution in [0, 0.1) is 6.92 Å². The van der Waals surface area contributed by atoms with Gasteiger partial charge < -0.3 is 25.0 Å². The van der Waals surface area contributed by atoms with Crippen molar-refractivity contribution in [2.75, 3.05) is 36.9 Å². The van der Waals surface area contributed by atoms with Crippen LogP contribution in [0.1, 0.15) is 32.4 Å². The number of hydrogen-bond acceptors (Lipinski definition) is 7. The van der Waals surface area contributed by atoms with E-state index in [2.05, 4.69) is 20.6 Å². The quantitative estimate of drug-likeness (QED) is 0.728. The molecular formula is C21H29N5O3. The summed E-state index contributed by atoms with van der Waals surface area (Å²) in [5.41, 5.74) is 1.77.